The van der Waals surface area contributed by atoms with Gasteiger partial charge in [0, 0.05) is 30.4 Å². The highest BCUT2D eigenvalue weighted by Gasteiger charge is 2.20. The van der Waals surface area contributed by atoms with Crippen LogP contribution >= 0.6 is 11.6 Å². The van der Waals surface area contributed by atoms with Gasteiger partial charge in [-0.05, 0) is 68.9 Å². The zero-order valence-electron chi connectivity index (χ0n) is 23.2. The first-order valence-electron chi connectivity index (χ1n) is 13.8. The number of nitrogens with zero attached hydrogens (tertiary/aromatic N) is 4. The maximum atomic E-state index is 13.0. The standard InChI is InChI=1S/C31H32ClFN6O3/c1-39-16-4-7-23(39)9-13-28(40)38-26-11-10-25-29(30(26)41-17-5-14-33)31(36-20-35-25)37-21-8-12-27(24(32)18-21)42-19-22-6-2-3-15-34-22/h2-3,6,8-13,15,18,20,23H,4-5,7,14,16-17,19H2,1H3,(H,38,40)(H,35,36,37)/b13-9+. The number of nitrogens with one attached hydrogen (secondary N) is 2. The molecule has 1 saturated heterocycles. The summed E-state index contributed by atoms with van der Waals surface area (Å²) in [5.41, 5.74) is 2.46. The second-order valence-electron chi connectivity index (χ2n) is 9.87. The molecule has 2 aromatic carbocycles. The molecular formula is C31H32ClFN6O3. The molecule has 1 unspecified atom stereocenters. The number of hydrogen-bond acceptors (Lipinski definition) is 8. The van der Waals surface area contributed by atoms with E-state index < -0.39 is 6.67 Å². The number of amides is 1. The maximum absolute atomic E-state index is 13.0. The van der Waals surface area contributed by atoms with Crippen LogP contribution in [-0.2, 0) is 11.4 Å². The van der Waals surface area contributed by atoms with Gasteiger partial charge in [0.05, 0.1) is 40.6 Å². The van der Waals surface area contributed by atoms with Crippen LogP contribution in [-0.4, -0.2) is 58.7 Å². The zero-order chi connectivity index (χ0) is 29.3. The van der Waals surface area contributed by atoms with E-state index in [0.717, 1.165) is 25.1 Å². The van der Waals surface area contributed by atoms with E-state index in [0.29, 0.717) is 44.6 Å². The molecule has 0 bridgehead atoms. The van der Waals surface area contributed by atoms with Gasteiger partial charge in [-0.2, -0.15) is 0 Å². The molecule has 0 spiro atoms. The predicted octanol–water partition coefficient (Wildman–Crippen LogP) is 6.33. The Hall–Kier alpha value is -4.28. The van der Waals surface area contributed by atoms with Crippen molar-refractivity contribution in [3.05, 3.63) is 83.9 Å². The van der Waals surface area contributed by atoms with E-state index in [1.54, 1.807) is 36.5 Å². The molecule has 3 heterocycles. The van der Waals surface area contributed by atoms with Gasteiger partial charge in [0.25, 0.3) is 0 Å². The highest BCUT2D eigenvalue weighted by Crippen LogP contribution is 2.39. The maximum Gasteiger partial charge on any atom is 0.248 e. The van der Waals surface area contributed by atoms with Crippen molar-refractivity contribution in [1.82, 2.24) is 19.9 Å². The molecule has 1 amide bonds. The fourth-order valence-electron chi connectivity index (χ4n) is 4.71. The van der Waals surface area contributed by atoms with Crippen LogP contribution in [0.15, 0.2) is 73.2 Å². The van der Waals surface area contributed by atoms with Gasteiger partial charge in [0.2, 0.25) is 5.91 Å². The molecule has 0 aliphatic carbocycles. The number of ether oxygens (including phenoxy) is 2. The molecule has 0 saturated carbocycles. The number of likely N-dealkylation sites (tertiary alicyclic amines) is 1. The first-order valence-corrected chi connectivity index (χ1v) is 14.1. The molecular weight excluding hydrogens is 559 g/mol. The van der Waals surface area contributed by atoms with Crippen LogP contribution in [0.25, 0.3) is 10.9 Å². The molecule has 218 valence electrons. The van der Waals surface area contributed by atoms with E-state index in [2.05, 4.69) is 30.5 Å². The van der Waals surface area contributed by atoms with Crippen LogP contribution in [0, 0.1) is 0 Å². The van der Waals surface area contributed by atoms with Crippen molar-refractivity contribution in [2.45, 2.75) is 31.9 Å². The second-order valence-corrected chi connectivity index (χ2v) is 10.3. The van der Waals surface area contributed by atoms with Crippen LogP contribution in [0.3, 0.4) is 0 Å². The van der Waals surface area contributed by atoms with Crippen molar-refractivity contribution >= 4 is 45.6 Å². The summed E-state index contributed by atoms with van der Waals surface area (Å²) in [5, 5.41) is 7.14. The highest BCUT2D eigenvalue weighted by atomic mass is 35.5. The molecule has 5 rings (SSSR count). The molecule has 9 nitrogen and oxygen atoms in total. The Balaban J connectivity index is 1.39. The van der Waals surface area contributed by atoms with E-state index in [4.69, 9.17) is 21.1 Å². The highest BCUT2D eigenvalue weighted by molar-refractivity contribution is 6.32. The molecule has 4 aromatic rings. The average molecular weight is 591 g/mol. The number of fused-ring (bicyclic) bond motifs is 1. The van der Waals surface area contributed by atoms with Gasteiger partial charge in [-0.15, -0.1) is 0 Å². The van der Waals surface area contributed by atoms with E-state index in [9.17, 15) is 9.18 Å². The lowest BCUT2D eigenvalue weighted by atomic mass is 10.1. The Bertz CT molecular complexity index is 1550. The van der Waals surface area contributed by atoms with Crippen LogP contribution in [0.1, 0.15) is 25.0 Å². The number of likely N-dealkylation sites (N-methyl/N-ethyl adjacent to an activating group) is 1. The number of alkyl halides is 1. The Kier molecular flexibility index (Phi) is 9.78. The Morgan fingerprint density at radius 1 is 1.17 bits per heavy atom. The summed E-state index contributed by atoms with van der Waals surface area (Å²) in [6, 6.07) is 14.6. The molecule has 0 radical (unpaired) electrons. The van der Waals surface area contributed by atoms with E-state index in [1.807, 2.05) is 37.4 Å². The van der Waals surface area contributed by atoms with Crippen molar-refractivity contribution in [2.75, 3.05) is 37.5 Å². The third-order valence-corrected chi connectivity index (χ3v) is 7.18. The van der Waals surface area contributed by atoms with Crippen molar-refractivity contribution in [1.29, 1.82) is 0 Å². The van der Waals surface area contributed by atoms with Gasteiger partial charge in [-0.3, -0.25) is 19.1 Å². The number of pyridine rings is 1. The van der Waals surface area contributed by atoms with Crippen LogP contribution in [0.4, 0.5) is 21.6 Å². The smallest absolute Gasteiger partial charge is 0.248 e. The lowest BCUT2D eigenvalue weighted by Gasteiger charge is -2.17. The predicted molar refractivity (Wildman–Crippen MR) is 162 cm³/mol. The van der Waals surface area contributed by atoms with Crippen molar-refractivity contribution in [3.63, 3.8) is 0 Å². The van der Waals surface area contributed by atoms with E-state index in [1.165, 1.54) is 6.33 Å². The number of carbonyl (C=O) groups is 1. The number of aromatic nitrogens is 3. The average Bonchev–Trinajstić information content (AvgIpc) is 3.41. The molecule has 1 aliphatic heterocycles. The largest absolute Gasteiger partial charge is 0.490 e. The van der Waals surface area contributed by atoms with Gasteiger partial charge in [-0.1, -0.05) is 23.7 Å². The van der Waals surface area contributed by atoms with E-state index in [-0.39, 0.29) is 31.6 Å². The number of carbonyl (C=O) groups excluding carboxylic acids is 1. The van der Waals surface area contributed by atoms with Gasteiger partial charge in [0.15, 0.2) is 5.75 Å². The molecule has 1 aliphatic rings. The quantitative estimate of drug-likeness (QED) is 0.146. The third kappa shape index (κ3) is 7.32. The third-order valence-electron chi connectivity index (χ3n) is 6.88. The van der Waals surface area contributed by atoms with Crippen LogP contribution in [0.5, 0.6) is 11.5 Å². The SMILES string of the molecule is CN1CCCC1/C=C/C(=O)Nc1ccc2ncnc(Nc3ccc(OCc4ccccn4)c(Cl)c3)c2c1OCCCF. The zero-order valence-corrected chi connectivity index (χ0v) is 24.0. The second kappa shape index (κ2) is 14.1. The van der Waals surface area contributed by atoms with Gasteiger partial charge in [-0.25, -0.2) is 9.97 Å². The Labute approximate surface area is 248 Å². The minimum Gasteiger partial charge on any atom is -0.490 e. The molecule has 11 heteroatoms. The summed E-state index contributed by atoms with van der Waals surface area (Å²) in [7, 11) is 2.05. The van der Waals surface area contributed by atoms with Crippen molar-refractivity contribution in [2.24, 2.45) is 0 Å². The van der Waals surface area contributed by atoms with Gasteiger partial charge < -0.3 is 20.1 Å². The number of rotatable bonds is 12. The summed E-state index contributed by atoms with van der Waals surface area (Å²) in [6.07, 6.45) is 8.91. The van der Waals surface area contributed by atoms with Gasteiger partial charge >= 0.3 is 0 Å². The lowest BCUT2D eigenvalue weighted by molar-refractivity contribution is -0.112. The van der Waals surface area contributed by atoms with Crippen molar-refractivity contribution in [3.8, 4) is 11.5 Å². The minimum absolute atomic E-state index is 0.115. The fourth-order valence-corrected chi connectivity index (χ4v) is 4.95. The molecule has 2 N–H and O–H groups in total. The molecule has 1 atom stereocenters. The van der Waals surface area contributed by atoms with E-state index >= 15 is 0 Å². The number of benzene rings is 2. The normalized spacial score (nSPS) is 15.3. The summed E-state index contributed by atoms with van der Waals surface area (Å²) in [5.74, 6) is 1.01. The monoisotopic (exact) mass is 590 g/mol. The van der Waals surface area contributed by atoms with Gasteiger partial charge in [0.1, 0.15) is 24.5 Å². The summed E-state index contributed by atoms with van der Waals surface area (Å²) in [4.78, 5) is 28.2. The van der Waals surface area contributed by atoms with Crippen molar-refractivity contribution < 1.29 is 18.7 Å². The Morgan fingerprint density at radius 3 is 2.83 bits per heavy atom. The summed E-state index contributed by atoms with van der Waals surface area (Å²) >= 11 is 6.53. The number of hydrogen-bond donors (Lipinski definition) is 2. The van der Waals surface area contributed by atoms with Crippen LogP contribution < -0.4 is 20.1 Å². The Morgan fingerprint density at radius 2 is 2.07 bits per heavy atom. The number of halogens is 2. The molecule has 1 fully saturated rings. The first-order chi connectivity index (χ1) is 20.5. The fraction of sp³-hybridized carbons (Fsp3) is 0.290. The number of anilines is 3. The topological polar surface area (TPSA) is 102 Å². The first kappa shape index (κ1) is 29.2. The van der Waals surface area contributed by atoms with Crippen LogP contribution in [0.2, 0.25) is 5.02 Å². The lowest BCUT2D eigenvalue weighted by Crippen LogP contribution is -2.23. The minimum atomic E-state index is -0.529. The molecule has 42 heavy (non-hydrogen) atoms. The molecule has 2 aromatic heterocycles. The summed E-state index contributed by atoms with van der Waals surface area (Å²) in [6.45, 7) is 0.878. The summed E-state index contributed by atoms with van der Waals surface area (Å²) < 4.78 is 24.8.